The van der Waals surface area contributed by atoms with Crippen molar-refractivity contribution in [1.82, 2.24) is 10.6 Å². The van der Waals surface area contributed by atoms with Gasteiger partial charge in [0.15, 0.2) is 0 Å². The predicted octanol–water partition coefficient (Wildman–Crippen LogP) is 3.53. The predicted molar refractivity (Wildman–Crippen MR) is 145 cm³/mol. The molecule has 1 fully saturated rings. The van der Waals surface area contributed by atoms with Gasteiger partial charge in [-0.05, 0) is 43.2 Å². The van der Waals surface area contributed by atoms with Crippen molar-refractivity contribution < 1.29 is 33.6 Å². The van der Waals surface area contributed by atoms with Crippen LogP contribution in [0.3, 0.4) is 0 Å². The van der Waals surface area contributed by atoms with Crippen molar-refractivity contribution in [3.63, 3.8) is 0 Å². The highest BCUT2D eigenvalue weighted by atomic mass is 35.5. The van der Waals surface area contributed by atoms with Crippen molar-refractivity contribution in [1.29, 1.82) is 0 Å². The van der Waals surface area contributed by atoms with Crippen molar-refractivity contribution in [2.45, 2.75) is 25.3 Å². The van der Waals surface area contributed by atoms with Gasteiger partial charge in [0.1, 0.15) is 5.75 Å². The Bertz CT molecular complexity index is 1270. The van der Waals surface area contributed by atoms with E-state index >= 15 is 0 Å². The highest BCUT2D eigenvalue weighted by Crippen LogP contribution is 2.42. The van der Waals surface area contributed by atoms with Crippen LogP contribution in [0, 0.1) is 0 Å². The van der Waals surface area contributed by atoms with Gasteiger partial charge < -0.3 is 34.7 Å². The lowest BCUT2D eigenvalue weighted by atomic mass is 9.80. The second-order valence-corrected chi connectivity index (χ2v) is 9.73. The molecule has 0 spiro atoms. The van der Waals surface area contributed by atoms with Gasteiger partial charge in [0.25, 0.3) is 0 Å². The molecule has 0 amide bonds. The molecule has 0 radical (unpaired) electrons. The molecule has 2 aliphatic heterocycles. The average Bonchev–Trinajstić information content (AvgIpc) is 2.90. The molecule has 0 saturated carbocycles. The number of rotatable bonds is 11. The molecule has 0 aliphatic carbocycles. The van der Waals surface area contributed by atoms with Crippen LogP contribution in [-0.4, -0.2) is 63.7 Å². The maximum absolute atomic E-state index is 13.3. The summed E-state index contributed by atoms with van der Waals surface area (Å²) in [6.45, 7) is 5.58. The Hall–Kier alpha value is -3.37. The van der Waals surface area contributed by atoms with Crippen molar-refractivity contribution in [2.24, 2.45) is 0 Å². The van der Waals surface area contributed by atoms with E-state index in [4.69, 9.17) is 30.5 Å². The summed E-state index contributed by atoms with van der Waals surface area (Å²) in [5.74, 6) is -1.73. The Kier molecular flexibility index (Phi) is 9.29. The number of hydrogen-bond donors (Lipinski definition) is 3. The molecule has 2 aromatic carbocycles. The summed E-state index contributed by atoms with van der Waals surface area (Å²) in [4.78, 5) is 26.1. The number of allylic oxidation sites excluding steroid dienone is 1. The fourth-order valence-electron chi connectivity index (χ4n) is 4.86. The zero-order valence-electron chi connectivity index (χ0n) is 22.2. The van der Waals surface area contributed by atoms with Crippen LogP contribution in [0.1, 0.15) is 30.9 Å². The summed E-state index contributed by atoms with van der Waals surface area (Å²) in [6, 6.07) is 14.1. The number of esters is 2. The van der Waals surface area contributed by atoms with Crippen LogP contribution in [0.4, 0.5) is 0 Å². The zero-order chi connectivity index (χ0) is 28.0. The van der Waals surface area contributed by atoms with E-state index in [9.17, 15) is 14.7 Å². The lowest BCUT2D eigenvalue weighted by Crippen LogP contribution is -2.58. The van der Waals surface area contributed by atoms with Gasteiger partial charge in [-0.25, -0.2) is 9.59 Å². The minimum atomic E-state index is -0.798. The molecule has 1 unspecified atom stereocenters. The number of hydrogen-bond acceptors (Lipinski definition) is 9. The SMILES string of the molecule is CCOC(=O)C1=C(COCCNC2(c3ccc(O)cc3)COC2)NC(C)=C(C(=O)OC)C1c1ccccc1Cl. The third-order valence-corrected chi connectivity index (χ3v) is 7.18. The Labute approximate surface area is 232 Å². The van der Waals surface area contributed by atoms with Gasteiger partial charge in [-0.2, -0.15) is 0 Å². The van der Waals surface area contributed by atoms with Crippen LogP contribution in [0.5, 0.6) is 5.75 Å². The standard InChI is InChI=1S/C29H33ClN2O7/c1-4-39-28(35)26-23(15-37-14-13-31-29(16-38-17-29)19-9-11-20(33)12-10-19)32-18(2)24(27(34)36-3)25(26)21-7-5-6-8-22(21)30/h5-12,25,31-33H,4,13-17H2,1-3H3. The maximum Gasteiger partial charge on any atom is 0.336 e. The summed E-state index contributed by atoms with van der Waals surface area (Å²) >= 11 is 6.55. The first-order valence-corrected chi connectivity index (χ1v) is 13.1. The van der Waals surface area contributed by atoms with Crippen LogP contribution in [-0.2, 0) is 34.1 Å². The average molecular weight is 557 g/mol. The van der Waals surface area contributed by atoms with Gasteiger partial charge in [-0.3, -0.25) is 0 Å². The lowest BCUT2D eigenvalue weighted by molar-refractivity contribution is -0.139. The summed E-state index contributed by atoms with van der Waals surface area (Å²) in [5.41, 5.74) is 2.81. The van der Waals surface area contributed by atoms with Crippen LogP contribution in [0.2, 0.25) is 5.02 Å². The minimum absolute atomic E-state index is 0.0747. The zero-order valence-corrected chi connectivity index (χ0v) is 23.0. The number of benzene rings is 2. The molecular weight excluding hydrogens is 524 g/mol. The molecule has 10 heteroatoms. The number of carbonyl (C=O) groups is 2. The fourth-order valence-corrected chi connectivity index (χ4v) is 5.10. The molecule has 2 heterocycles. The molecule has 2 aromatic rings. The molecule has 2 aliphatic rings. The van der Waals surface area contributed by atoms with Gasteiger partial charge >= 0.3 is 11.9 Å². The van der Waals surface area contributed by atoms with E-state index in [2.05, 4.69) is 10.6 Å². The topological polar surface area (TPSA) is 115 Å². The van der Waals surface area contributed by atoms with E-state index in [1.165, 1.54) is 7.11 Å². The first-order valence-electron chi connectivity index (χ1n) is 12.7. The third kappa shape index (κ3) is 6.12. The molecule has 3 N–H and O–H groups in total. The Morgan fingerprint density at radius 1 is 1.13 bits per heavy atom. The largest absolute Gasteiger partial charge is 0.508 e. The van der Waals surface area contributed by atoms with Crippen LogP contribution in [0.15, 0.2) is 71.1 Å². The highest BCUT2D eigenvalue weighted by molar-refractivity contribution is 6.31. The van der Waals surface area contributed by atoms with Crippen LogP contribution in [0.25, 0.3) is 0 Å². The van der Waals surface area contributed by atoms with Gasteiger partial charge in [0.05, 0.1) is 68.4 Å². The molecule has 0 bridgehead atoms. The number of carbonyl (C=O) groups excluding carboxylic acids is 2. The molecule has 4 rings (SSSR count). The Morgan fingerprint density at radius 2 is 1.85 bits per heavy atom. The first kappa shape index (κ1) is 28.6. The summed E-state index contributed by atoms with van der Waals surface area (Å²) < 4.78 is 21.9. The molecule has 0 aromatic heterocycles. The van der Waals surface area contributed by atoms with Gasteiger partial charge in [-0.1, -0.05) is 41.9 Å². The highest BCUT2D eigenvalue weighted by Gasteiger charge is 2.41. The minimum Gasteiger partial charge on any atom is -0.508 e. The van der Waals surface area contributed by atoms with Gasteiger partial charge in [0, 0.05) is 17.3 Å². The fraction of sp³-hybridized carbons (Fsp3) is 0.379. The monoisotopic (exact) mass is 556 g/mol. The summed E-state index contributed by atoms with van der Waals surface area (Å²) in [5, 5.41) is 16.7. The first-order chi connectivity index (χ1) is 18.8. The third-order valence-electron chi connectivity index (χ3n) is 6.83. The number of phenolic OH excluding ortho intramolecular Hbond substituents is 1. The quantitative estimate of drug-likeness (QED) is 0.282. The van der Waals surface area contributed by atoms with E-state index in [-0.39, 0.29) is 35.6 Å². The maximum atomic E-state index is 13.3. The van der Waals surface area contributed by atoms with Crippen molar-refractivity contribution in [3.05, 3.63) is 87.2 Å². The van der Waals surface area contributed by atoms with Crippen LogP contribution < -0.4 is 10.6 Å². The lowest BCUT2D eigenvalue weighted by Gasteiger charge is -2.42. The van der Waals surface area contributed by atoms with E-state index < -0.39 is 17.9 Å². The van der Waals surface area contributed by atoms with Crippen LogP contribution >= 0.6 is 11.6 Å². The molecule has 1 saturated heterocycles. The van der Waals surface area contributed by atoms with Crippen molar-refractivity contribution >= 4 is 23.5 Å². The Morgan fingerprint density at radius 3 is 2.46 bits per heavy atom. The molecule has 9 nitrogen and oxygen atoms in total. The molecular formula is C29H33ClN2O7. The second-order valence-electron chi connectivity index (χ2n) is 9.32. The number of phenols is 1. The number of methoxy groups -OCH3 is 1. The van der Waals surface area contributed by atoms with Crippen molar-refractivity contribution in [2.75, 3.05) is 46.7 Å². The Balaban J connectivity index is 1.54. The van der Waals surface area contributed by atoms with E-state index in [0.717, 1.165) is 5.56 Å². The number of halogens is 1. The normalized spacial score (nSPS) is 18.3. The van der Waals surface area contributed by atoms with E-state index in [0.29, 0.717) is 48.3 Å². The van der Waals surface area contributed by atoms with Gasteiger partial charge in [-0.15, -0.1) is 0 Å². The van der Waals surface area contributed by atoms with E-state index in [1.54, 1.807) is 50.2 Å². The smallest absolute Gasteiger partial charge is 0.336 e. The molecule has 208 valence electrons. The number of aromatic hydroxyl groups is 1. The van der Waals surface area contributed by atoms with E-state index in [1.807, 2.05) is 12.1 Å². The molecule has 1 atom stereocenters. The number of nitrogens with one attached hydrogen (secondary N) is 2. The number of dihydropyridines is 1. The second kappa shape index (κ2) is 12.7. The summed E-state index contributed by atoms with van der Waals surface area (Å²) in [7, 11) is 1.30. The van der Waals surface area contributed by atoms with Gasteiger partial charge in [0.2, 0.25) is 0 Å². The number of ether oxygens (including phenoxy) is 4. The summed E-state index contributed by atoms with van der Waals surface area (Å²) in [6.07, 6.45) is 0. The van der Waals surface area contributed by atoms with Crippen molar-refractivity contribution in [3.8, 4) is 5.75 Å². The molecule has 39 heavy (non-hydrogen) atoms.